The van der Waals surface area contributed by atoms with Crippen molar-refractivity contribution in [3.8, 4) is 0 Å². The van der Waals surface area contributed by atoms with Crippen molar-refractivity contribution in [3.05, 3.63) is 0 Å². The molecule has 0 spiro atoms. The molecule has 0 heterocycles. The zero-order chi connectivity index (χ0) is 12.9. The van der Waals surface area contributed by atoms with Gasteiger partial charge in [-0.15, -0.1) is 0 Å². The van der Waals surface area contributed by atoms with E-state index < -0.39 is 9.84 Å². The van der Waals surface area contributed by atoms with Crippen LogP contribution in [-0.2, 0) is 9.84 Å². The molecule has 0 saturated heterocycles. The molecular weight excluding hydrogens is 234 g/mol. The predicted molar refractivity (Wildman–Crippen MR) is 72.9 cm³/mol. The molecular formula is C13H27NO2S. The fourth-order valence-electron chi connectivity index (χ4n) is 2.91. The number of sulfone groups is 1. The maximum absolute atomic E-state index is 11.4. The van der Waals surface area contributed by atoms with E-state index in [-0.39, 0.29) is 5.75 Å². The molecule has 0 bridgehead atoms. The first-order valence-corrected chi connectivity index (χ1v) is 8.68. The van der Waals surface area contributed by atoms with Crippen LogP contribution in [0.3, 0.4) is 0 Å². The van der Waals surface area contributed by atoms with Gasteiger partial charge in [0.25, 0.3) is 0 Å². The van der Waals surface area contributed by atoms with Crippen LogP contribution >= 0.6 is 0 Å². The molecule has 3 atom stereocenters. The summed E-state index contributed by atoms with van der Waals surface area (Å²) in [4.78, 5) is 0. The Morgan fingerprint density at radius 2 is 2.00 bits per heavy atom. The first kappa shape index (κ1) is 15.0. The van der Waals surface area contributed by atoms with Crippen molar-refractivity contribution >= 4 is 9.84 Å². The number of hydrogen-bond acceptors (Lipinski definition) is 3. The van der Waals surface area contributed by atoms with Crippen LogP contribution < -0.4 is 5.32 Å². The fourth-order valence-corrected chi connectivity index (χ4v) is 3.80. The number of nitrogens with one attached hydrogen (secondary N) is 1. The number of rotatable bonds is 6. The van der Waals surface area contributed by atoms with Gasteiger partial charge in [0.1, 0.15) is 9.84 Å². The molecule has 4 heteroatoms. The summed E-state index contributed by atoms with van der Waals surface area (Å²) in [6.07, 6.45) is 5.66. The lowest BCUT2D eigenvalue weighted by molar-refractivity contribution is 0.209. The highest BCUT2D eigenvalue weighted by atomic mass is 32.2. The fraction of sp³-hybridized carbons (Fsp3) is 1.00. The molecule has 1 fully saturated rings. The zero-order valence-corrected chi connectivity index (χ0v) is 12.2. The van der Waals surface area contributed by atoms with Crippen molar-refractivity contribution in [2.45, 2.75) is 52.0 Å². The molecule has 1 N–H and O–H groups in total. The lowest BCUT2D eigenvalue weighted by atomic mass is 9.77. The maximum atomic E-state index is 11.4. The quantitative estimate of drug-likeness (QED) is 0.797. The molecule has 1 aliphatic rings. The van der Waals surface area contributed by atoms with E-state index in [2.05, 4.69) is 12.2 Å². The van der Waals surface area contributed by atoms with Crippen LogP contribution in [0.2, 0.25) is 0 Å². The Labute approximate surface area is 106 Å². The van der Waals surface area contributed by atoms with Gasteiger partial charge in [-0.3, -0.25) is 0 Å². The minimum Gasteiger partial charge on any atom is -0.317 e. The Balaban J connectivity index is 2.38. The summed E-state index contributed by atoms with van der Waals surface area (Å²) in [5.41, 5.74) is 0. The van der Waals surface area contributed by atoms with Crippen molar-refractivity contribution < 1.29 is 8.42 Å². The first-order valence-electron chi connectivity index (χ1n) is 6.86. The van der Waals surface area contributed by atoms with E-state index in [9.17, 15) is 8.42 Å². The first-order chi connectivity index (χ1) is 7.98. The Bertz CT molecular complexity index is 313. The van der Waals surface area contributed by atoms with Gasteiger partial charge in [-0.1, -0.05) is 13.8 Å². The van der Waals surface area contributed by atoms with Crippen LogP contribution in [0.25, 0.3) is 0 Å². The standard InChI is InChI=1S/C13H27NO2S/c1-4-17(15,16)9-5-6-12-10-11(2)7-8-13(12)14-3/h11-14H,4-10H2,1-3H3. The van der Waals surface area contributed by atoms with Crippen molar-refractivity contribution in [2.75, 3.05) is 18.6 Å². The molecule has 1 rings (SSSR count). The van der Waals surface area contributed by atoms with Crippen LogP contribution in [0.4, 0.5) is 0 Å². The topological polar surface area (TPSA) is 46.2 Å². The summed E-state index contributed by atoms with van der Waals surface area (Å²) in [5, 5.41) is 3.39. The van der Waals surface area contributed by atoms with Crippen LogP contribution in [0.15, 0.2) is 0 Å². The van der Waals surface area contributed by atoms with Gasteiger partial charge < -0.3 is 5.32 Å². The summed E-state index contributed by atoms with van der Waals surface area (Å²) >= 11 is 0. The van der Waals surface area contributed by atoms with Gasteiger partial charge >= 0.3 is 0 Å². The summed E-state index contributed by atoms with van der Waals surface area (Å²) < 4.78 is 22.9. The van der Waals surface area contributed by atoms with Crippen LogP contribution in [0.5, 0.6) is 0 Å². The Morgan fingerprint density at radius 1 is 1.29 bits per heavy atom. The van der Waals surface area contributed by atoms with Gasteiger partial charge in [0.2, 0.25) is 0 Å². The second-order valence-corrected chi connectivity index (χ2v) is 7.92. The van der Waals surface area contributed by atoms with E-state index in [0.717, 1.165) is 18.8 Å². The van der Waals surface area contributed by atoms with E-state index in [1.807, 2.05) is 7.05 Å². The van der Waals surface area contributed by atoms with Crippen LogP contribution in [0, 0.1) is 11.8 Å². The SMILES string of the molecule is CCS(=O)(=O)CCCC1CC(C)CCC1NC. The normalized spacial score (nSPS) is 30.4. The summed E-state index contributed by atoms with van der Waals surface area (Å²) in [7, 11) is -0.754. The van der Waals surface area contributed by atoms with Gasteiger partial charge in [0.05, 0.1) is 5.75 Å². The highest BCUT2D eigenvalue weighted by molar-refractivity contribution is 7.91. The second kappa shape index (κ2) is 6.74. The molecule has 0 radical (unpaired) electrons. The monoisotopic (exact) mass is 261 g/mol. The third kappa shape index (κ3) is 4.96. The van der Waals surface area contributed by atoms with Crippen LogP contribution in [-0.4, -0.2) is 33.0 Å². The molecule has 1 saturated carbocycles. The average molecular weight is 261 g/mol. The Kier molecular flexibility index (Phi) is 5.93. The van der Waals surface area contributed by atoms with E-state index in [4.69, 9.17) is 0 Å². The lowest BCUT2D eigenvalue weighted by Gasteiger charge is -2.34. The molecule has 0 aromatic carbocycles. The summed E-state index contributed by atoms with van der Waals surface area (Å²) in [6, 6.07) is 0.593. The van der Waals surface area contributed by atoms with Crippen LogP contribution in [0.1, 0.15) is 46.0 Å². The molecule has 3 unspecified atom stereocenters. The van der Waals surface area contributed by atoms with Gasteiger partial charge in [0, 0.05) is 11.8 Å². The number of hydrogen-bond donors (Lipinski definition) is 1. The highest BCUT2D eigenvalue weighted by Gasteiger charge is 2.27. The molecule has 17 heavy (non-hydrogen) atoms. The van der Waals surface area contributed by atoms with Crippen molar-refractivity contribution in [3.63, 3.8) is 0 Å². The minimum atomic E-state index is -2.78. The molecule has 102 valence electrons. The largest absolute Gasteiger partial charge is 0.317 e. The Hall–Kier alpha value is -0.0900. The molecule has 0 aromatic heterocycles. The van der Waals surface area contributed by atoms with Crippen molar-refractivity contribution in [1.29, 1.82) is 0 Å². The lowest BCUT2D eigenvalue weighted by Crippen LogP contribution is -2.38. The smallest absolute Gasteiger partial charge is 0.150 e. The van der Waals surface area contributed by atoms with Gasteiger partial charge in [-0.2, -0.15) is 0 Å². The third-order valence-corrected chi connectivity index (χ3v) is 5.88. The van der Waals surface area contributed by atoms with Gasteiger partial charge in [-0.05, 0) is 51.0 Å². The molecule has 3 nitrogen and oxygen atoms in total. The second-order valence-electron chi connectivity index (χ2n) is 5.45. The predicted octanol–water partition coefficient (Wildman–Crippen LogP) is 2.23. The zero-order valence-electron chi connectivity index (χ0n) is 11.4. The molecule has 0 amide bonds. The third-order valence-electron chi connectivity index (χ3n) is 4.09. The molecule has 0 aromatic rings. The molecule has 1 aliphatic carbocycles. The minimum absolute atomic E-state index is 0.281. The maximum Gasteiger partial charge on any atom is 0.150 e. The van der Waals surface area contributed by atoms with Crippen molar-refractivity contribution in [1.82, 2.24) is 5.32 Å². The Morgan fingerprint density at radius 3 is 2.59 bits per heavy atom. The average Bonchev–Trinajstić information content (AvgIpc) is 2.29. The highest BCUT2D eigenvalue weighted by Crippen LogP contribution is 2.31. The van der Waals surface area contributed by atoms with Gasteiger partial charge in [-0.25, -0.2) is 8.42 Å². The van der Waals surface area contributed by atoms with E-state index in [1.165, 1.54) is 19.3 Å². The molecule has 0 aliphatic heterocycles. The summed E-state index contributed by atoms with van der Waals surface area (Å²) in [5.74, 6) is 2.11. The van der Waals surface area contributed by atoms with E-state index in [0.29, 0.717) is 17.7 Å². The van der Waals surface area contributed by atoms with Crippen molar-refractivity contribution in [2.24, 2.45) is 11.8 Å². The summed E-state index contributed by atoms with van der Waals surface area (Å²) in [6.45, 7) is 4.04. The van der Waals surface area contributed by atoms with E-state index >= 15 is 0 Å². The van der Waals surface area contributed by atoms with E-state index in [1.54, 1.807) is 6.92 Å². The van der Waals surface area contributed by atoms with Gasteiger partial charge in [0.15, 0.2) is 0 Å².